The van der Waals surface area contributed by atoms with Crippen LogP contribution in [0, 0.1) is 0 Å². The van der Waals surface area contributed by atoms with Gasteiger partial charge >= 0.3 is 0 Å². The highest BCUT2D eigenvalue weighted by atomic mass is 79.9. The monoisotopic (exact) mass is 438 g/mol. The van der Waals surface area contributed by atoms with Crippen molar-refractivity contribution in [1.29, 1.82) is 0 Å². The molecule has 0 atom stereocenters. The summed E-state index contributed by atoms with van der Waals surface area (Å²) in [4.78, 5) is 14.7. The molecule has 0 fully saturated rings. The van der Waals surface area contributed by atoms with Crippen LogP contribution in [0.3, 0.4) is 0 Å². The SMILES string of the molecule is COc1ccc(C(=O)N2CCc3cc(Br)ccc32)cc1S(=O)(=O)N(C)C. The Kier molecular flexibility index (Phi) is 5.09. The molecule has 0 N–H and O–H groups in total. The van der Waals surface area contributed by atoms with Gasteiger partial charge in [-0.1, -0.05) is 15.9 Å². The number of ether oxygens (including phenoxy) is 1. The van der Waals surface area contributed by atoms with Crippen LogP contribution in [0.2, 0.25) is 0 Å². The number of anilines is 1. The van der Waals surface area contributed by atoms with E-state index < -0.39 is 10.0 Å². The summed E-state index contributed by atoms with van der Waals surface area (Å²) in [6.07, 6.45) is 0.763. The van der Waals surface area contributed by atoms with Gasteiger partial charge < -0.3 is 9.64 Å². The average Bonchev–Trinajstić information content (AvgIpc) is 3.03. The number of fused-ring (bicyclic) bond motifs is 1. The molecule has 0 aliphatic carbocycles. The lowest BCUT2D eigenvalue weighted by Crippen LogP contribution is -2.29. The molecule has 6 nitrogen and oxygen atoms in total. The summed E-state index contributed by atoms with van der Waals surface area (Å²) >= 11 is 3.44. The van der Waals surface area contributed by atoms with Crippen LogP contribution < -0.4 is 9.64 Å². The number of amides is 1. The first-order chi connectivity index (χ1) is 12.3. The van der Waals surface area contributed by atoms with E-state index in [2.05, 4.69) is 15.9 Å². The van der Waals surface area contributed by atoms with E-state index >= 15 is 0 Å². The highest BCUT2D eigenvalue weighted by Crippen LogP contribution is 2.33. The smallest absolute Gasteiger partial charge is 0.258 e. The van der Waals surface area contributed by atoms with Gasteiger partial charge in [0.05, 0.1) is 7.11 Å². The van der Waals surface area contributed by atoms with Gasteiger partial charge in [-0.3, -0.25) is 4.79 Å². The zero-order valence-electron chi connectivity index (χ0n) is 14.7. The van der Waals surface area contributed by atoms with Crippen molar-refractivity contribution in [1.82, 2.24) is 4.31 Å². The number of sulfonamides is 1. The maximum Gasteiger partial charge on any atom is 0.258 e. The van der Waals surface area contributed by atoms with Crippen LogP contribution in [0.25, 0.3) is 0 Å². The molecule has 8 heteroatoms. The Morgan fingerprint density at radius 3 is 2.58 bits per heavy atom. The van der Waals surface area contributed by atoms with Crippen molar-refractivity contribution in [2.24, 2.45) is 0 Å². The highest BCUT2D eigenvalue weighted by Gasteiger charge is 2.28. The number of methoxy groups -OCH3 is 1. The molecule has 0 bridgehead atoms. The standard InChI is InChI=1S/C18H19BrN2O4S/c1-20(2)26(23,24)17-11-13(4-7-16(17)25-3)18(22)21-9-8-12-10-14(19)5-6-15(12)21/h4-7,10-11H,8-9H2,1-3H3. The molecule has 1 amide bonds. The Labute approximate surface area is 161 Å². The fraction of sp³-hybridized carbons (Fsp3) is 0.278. The number of hydrogen-bond acceptors (Lipinski definition) is 4. The minimum absolute atomic E-state index is 0.0222. The van der Waals surface area contributed by atoms with Crippen LogP contribution in [0.5, 0.6) is 5.75 Å². The number of nitrogens with zero attached hydrogens (tertiary/aromatic N) is 2. The molecule has 26 heavy (non-hydrogen) atoms. The molecular weight excluding hydrogens is 420 g/mol. The summed E-state index contributed by atoms with van der Waals surface area (Å²) in [5, 5.41) is 0. The molecule has 0 spiro atoms. The van der Waals surface area contributed by atoms with Crippen molar-refractivity contribution in [2.75, 3.05) is 32.6 Å². The lowest BCUT2D eigenvalue weighted by atomic mass is 10.1. The van der Waals surface area contributed by atoms with E-state index in [1.165, 1.54) is 33.3 Å². The van der Waals surface area contributed by atoms with E-state index in [0.29, 0.717) is 12.1 Å². The van der Waals surface area contributed by atoms with Gasteiger partial charge in [0.1, 0.15) is 10.6 Å². The normalized spacial score (nSPS) is 13.8. The first kappa shape index (κ1) is 18.9. The maximum absolute atomic E-state index is 13.0. The minimum atomic E-state index is -3.73. The summed E-state index contributed by atoms with van der Waals surface area (Å²) in [6, 6.07) is 10.3. The van der Waals surface area contributed by atoms with Crippen LogP contribution in [0.15, 0.2) is 45.8 Å². The van der Waals surface area contributed by atoms with E-state index in [4.69, 9.17) is 4.74 Å². The molecule has 0 radical (unpaired) electrons. The lowest BCUT2D eigenvalue weighted by Gasteiger charge is -2.19. The zero-order valence-corrected chi connectivity index (χ0v) is 17.1. The predicted molar refractivity (Wildman–Crippen MR) is 103 cm³/mol. The van der Waals surface area contributed by atoms with E-state index in [-0.39, 0.29) is 16.6 Å². The number of rotatable bonds is 4. The largest absolute Gasteiger partial charge is 0.495 e. The summed E-state index contributed by atoms with van der Waals surface area (Å²) in [5.74, 6) is -0.0232. The van der Waals surface area contributed by atoms with Gasteiger partial charge in [0.15, 0.2) is 0 Å². The molecule has 1 aliphatic rings. The second-order valence-electron chi connectivity index (χ2n) is 6.13. The summed E-state index contributed by atoms with van der Waals surface area (Å²) in [6.45, 7) is 0.562. The summed E-state index contributed by atoms with van der Waals surface area (Å²) in [7, 11) is 0.554. The molecule has 2 aromatic rings. The van der Waals surface area contributed by atoms with Crippen molar-refractivity contribution in [3.63, 3.8) is 0 Å². The number of halogens is 1. The topological polar surface area (TPSA) is 66.9 Å². The third-order valence-corrected chi connectivity index (χ3v) is 6.68. The molecule has 0 aromatic heterocycles. The van der Waals surface area contributed by atoms with Crippen molar-refractivity contribution < 1.29 is 17.9 Å². The van der Waals surface area contributed by atoms with Gasteiger partial charge in [0.25, 0.3) is 5.91 Å². The quantitative estimate of drug-likeness (QED) is 0.735. The average molecular weight is 439 g/mol. The summed E-state index contributed by atoms with van der Waals surface area (Å²) < 4.78 is 32.4. The third-order valence-electron chi connectivity index (χ3n) is 4.35. The van der Waals surface area contributed by atoms with Gasteiger partial charge in [-0.15, -0.1) is 0 Å². The third kappa shape index (κ3) is 3.24. The van der Waals surface area contributed by atoms with E-state index in [1.807, 2.05) is 18.2 Å². The van der Waals surface area contributed by atoms with Gasteiger partial charge in [-0.05, 0) is 48.4 Å². The van der Waals surface area contributed by atoms with Crippen LogP contribution >= 0.6 is 15.9 Å². The summed E-state index contributed by atoms with van der Waals surface area (Å²) in [5.41, 5.74) is 2.25. The lowest BCUT2D eigenvalue weighted by molar-refractivity contribution is 0.0989. The highest BCUT2D eigenvalue weighted by molar-refractivity contribution is 9.10. The molecule has 0 saturated heterocycles. The Bertz CT molecular complexity index is 973. The Morgan fingerprint density at radius 2 is 1.92 bits per heavy atom. The fourth-order valence-corrected chi connectivity index (χ4v) is 4.43. The van der Waals surface area contributed by atoms with E-state index in [9.17, 15) is 13.2 Å². The van der Waals surface area contributed by atoms with Crippen LogP contribution in [0.4, 0.5) is 5.69 Å². The predicted octanol–water partition coefficient (Wildman–Crippen LogP) is 2.91. The van der Waals surface area contributed by atoms with Crippen LogP contribution in [-0.2, 0) is 16.4 Å². The molecule has 3 rings (SSSR count). The number of benzene rings is 2. The molecule has 1 aliphatic heterocycles. The second-order valence-corrected chi connectivity index (χ2v) is 9.17. The van der Waals surface area contributed by atoms with Crippen LogP contribution in [0.1, 0.15) is 15.9 Å². The molecule has 1 heterocycles. The van der Waals surface area contributed by atoms with Crippen molar-refractivity contribution >= 4 is 37.5 Å². The molecule has 138 valence electrons. The Balaban J connectivity index is 2.02. The molecule has 0 unspecified atom stereocenters. The Hall–Kier alpha value is -1.90. The minimum Gasteiger partial charge on any atom is -0.495 e. The fourth-order valence-electron chi connectivity index (χ4n) is 2.95. The van der Waals surface area contributed by atoms with Gasteiger partial charge in [-0.2, -0.15) is 0 Å². The van der Waals surface area contributed by atoms with Gasteiger partial charge in [0.2, 0.25) is 10.0 Å². The van der Waals surface area contributed by atoms with E-state index in [0.717, 1.165) is 26.4 Å². The van der Waals surface area contributed by atoms with Crippen molar-refractivity contribution in [3.05, 3.63) is 52.0 Å². The Morgan fingerprint density at radius 1 is 1.19 bits per heavy atom. The number of carbonyl (C=O) groups excluding carboxylic acids is 1. The van der Waals surface area contributed by atoms with Gasteiger partial charge in [0, 0.05) is 36.4 Å². The first-order valence-corrected chi connectivity index (χ1v) is 10.2. The number of carbonyl (C=O) groups is 1. The molecule has 0 saturated carbocycles. The number of hydrogen-bond donors (Lipinski definition) is 0. The van der Waals surface area contributed by atoms with Crippen molar-refractivity contribution in [3.8, 4) is 5.75 Å². The zero-order chi connectivity index (χ0) is 19.1. The van der Waals surface area contributed by atoms with Crippen LogP contribution in [-0.4, -0.2) is 46.4 Å². The second kappa shape index (κ2) is 7.02. The van der Waals surface area contributed by atoms with Crippen molar-refractivity contribution in [2.45, 2.75) is 11.3 Å². The first-order valence-electron chi connectivity index (χ1n) is 7.96. The molecule has 2 aromatic carbocycles. The van der Waals surface area contributed by atoms with Gasteiger partial charge in [-0.25, -0.2) is 12.7 Å². The maximum atomic E-state index is 13.0. The molecular formula is C18H19BrN2O4S. The van der Waals surface area contributed by atoms with E-state index in [1.54, 1.807) is 11.0 Å².